The van der Waals surface area contributed by atoms with E-state index in [1.165, 1.54) is 12.1 Å². The van der Waals surface area contributed by atoms with Gasteiger partial charge in [-0.15, -0.1) is 0 Å². The molecule has 0 radical (unpaired) electrons. The molecular weight excluding hydrogens is 405 g/mol. The van der Waals surface area contributed by atoms with E-state index >= 15 is 0 Å². The van der Waals surface area contributed by atoms with Crippen molar-refractivity contribution in [2.75, 3.05) is 5.73 Å². The molecule has 0 unspecified atom stereocenters. The monoisotopic (exact) mass is 421 g/mol. The van der Waals surface area contributed by atoms with Gasteiger partial charge in [0.15, 0.2) is 0 Å². The summed E-state index contributed by atoms with van der Waals surface area (Å²) in [4.78, 5) is 16.7. The Labute approximate surface area is 181 Å². The standard InChI is InChI=1S/C24H16FN7/c25-15-3-1-2-13(6-15)18-11-28-12-22-17(18)8-21(29-22)24-23-20(31-32-24)5-4-19(30-23)14-7-16(26)10-27-9-14/h1-12,29H,26H2,(H,31,32). The van der Waals surface area contributed by atoms with E-state index in [1.807, 2.05) is 30.3 Å². The van der Waals surface area contributed by atoms with Gasteiger partial charge in [0.25, 0.3) is 0 Å². The van der Waals surface area contributed by atoms with E-state index in [0.29, 0.717) is 11.4 Å². The van der Waals surface area contributed by atoms with Crippen LogP contribution >= 0.6 is 0 Å². The first kappa shape index (κ1) is 18.2. The van der Waals surface area contributed by atoms with Crippen LogP contribution in [-0.4, -0.2) is 30.1 Å². The van der Waals surface area contributed by atoms with Crippen LogP contribution in [0.25, 0.3) is 55.7 Å². The SMILES string of the molecule is Nc1cncc(-c2ccc3[nH]nc(-c4cc5c(-c6cccc(F)c6)cncc5[nH]4)c3n2)c1. The first-order valence-corrected chi connectivity index (χ1v) is 9.95. The second-order valence-electron chi connectivity index (χ2n) is 7.51. The van der Waals surface area contributed by atoms with Crippen LogP contribution in [0.5, 0.6) is 0 Å². The average molecular weight is 421 g/mol. The van der Waals surface area contributed by atoms with Gasteiger partial charge in [0.2, 0.25) is 0 Å². The molecule has 0 aliphatic carbocycles. The van der Waals surface area contributed by atoms with Crippen molar-refractivity contribution in [1.29, 1.82) is 0 Å². The first-order valence-electron chi connectivity index (χ1n) is 9.95. The molecule has 6 rings (SSSR count). The van der Waals surface area contributed by atoms with E-state index in [4.69, 9.17) is 10.7 Å². The van der Waals surface area contributed by atoms with Crippen LogP contribution in [0.15, 0.2) is 73.3 Å². The fraction of sp³-hybridized carbons (Fsp3) is 0. The Morgan fingerprint density at radius 3 is 2.62 bits per heavy atom. The highest BCUT2D eigenvalue weighted by Gasteiger charge is 2.16. The summed E-state index contributed by atoms with van der Waals surface area (Å²) in [5, 5.41) is 8.45. The number of nitrogen functional groups attached to an aromatic ring is 1. The summed E-state index contributed by atoms with van der Waals surface area (Å²) < 4.78 is 13.8. The minimum absolute atomic E-state index is 0.290. The molecule has 0 aliphatic heterocycles. The van der Waals surface area contributed by atoms with Crippen LogP contribution in [0.1, 0.15) is 0 Å². The third-order valence-corrected chi connectivity index (χ3v) is 5.40. The predicted molar refractivity (Wildman–Crippen MR) is 122 cm³/mol. The van der Waals surface area contributed by atoms with Crippen LogP contribution in [0.4, 0.5) is 10.1 Å². The van der Waals surface area contributed by atoms with Gasteiger partial charge in [0.1, 0.15) is 17.0 Å². The Kier molecular flexibility index (Phi) is 3.97. The summed E-state index contributed by atoms with van der Waals surface area (Å²) in [5.41, 5.74) is 13.4. The maximum atomic E-state index is 13.8. The Morgan fingerprint density at radius 2 is 1.75 bits per heavy atom. The van der Waals surface area contributed by atoms with Gasteiger partial charge in [-0.2, -0.15) is 5.10 Å². The zero-order chi connectivity index (χ0) is 21.7. The normalized spacial score (nSPS) is 11.4. The molecule has 7 nitrogen and oxygen atoms in total. The summed E-state index contributed by atoms with van der Waals surface area (Å²) in [6.07, 6.45) is 6.80. The maximum Gasteiger partial charge on any atom is 0.135 e. The van der Waals surface area contributed by atoms with Crippen molar-refractivity contribution in [2.45, 2.75) is 0 Å². The van der Waals surface area contributed by atoms with Gasteiger partial charge in [-0.25, -0.2) is 9.37 Å². The lowest BCUT2D eigenvalue weighted by atomic mass is 10.0. The molecule has 0 aliphatic rings. The maximum absolute atomic E-state index is 13.8. The van der Waals surface area contributed by atoms with Gasteiger partial charge in [-0.3, -0.25) is 15.1 Å². The number of pyridine rings is 3. The van der Waals surface area contributed by atoms with Gasteiger partial charge in [0, 0.05) is 35.1 Å². The zero-order valence-electron chi connectivity index (χ0n) is 16.7. The molecule has 5 heterocycles. The number of rotatable bonds is 3. The second kappa shape index (κ2) is 6.98. The van der Waals surface area contributed by atoms with Crippen LogP contribution in [0.2, 0.25) is 0 Å². The number of nitrogens with one attached hydrogen (secondary N) is 2. The third-order valence-electron chi connectivity index (χ3n) is 5.40. The smallest absolute Gasteiger partial charge is 0.135 e. The number of hydrogen-bond acceptors (Lipinski definition) is 5. The van der Waals surface area contributed by atoms with E-state index in [9.17, 15) is 4.39 Å². The van der Waals surface area contributed by atoms with E-state index in [-0.39, 0.29) is 5.82 Å². The lowest BCUT2D eigenvalue weighted by Gasteiger charge is -2.02. The lowest BCUT2D eigenvalue weighted by molar-refractivity contribution is 0.628. The topological polar surface area (TPSA) is 109 Å². The fourth-order valence-corrected chi connectivity index (χ4v) is 3.91. The number of aromatic amines is 2. The molecule has 4 N–H and O–H groups in total. The van der Waals surface area contributed by atoms with Crippen LogP contribution in [0, 0.1) is 5.82 Å². The average Bonchev–Trinajstić information content (AvgIpc) is 3.42. The molecule has 0 fully saturated rings. The summed E-state index contributed by atoms with van der Waals surface area (Å²) in [6.45, 7) is 0. The Hall–Kier alpha value is -4.59. The van der Waals surface area contributed by atoms with Crippen molar-refractivity contribution in [3.05, 3.63) is 79.1 Å². The number of benzene rings is 1. The van der Waals surface area contributed by atoms with E-state index in [2.05, 4.69) is 25.1 Å². The molecule has 6 aromatic rings. The van der Waals surface area contributed by atoms with Crippen molar-refractivity contribution in [2.24, 2.45) is 0 Å². The Balaban J connectivity index is 1.51. The molecule has 0 bridgehead atoms. The quantitative estimate of drug-likeness (QED) is 0.374. The van der Waals surface area contributed by atoms with E-state index < -0.39 is 0 Å². The highest BCUT2D eigenvalue weighted by atomic mass is 19.1. The summed E-state index contributed by atoms with van der Waals surface area (Å²) in [7, 11) is 0. The molecule has 0 atom stereocenters. The van der Waals surface area contributed by atoms with Crippen molar-refractivity contribution in [3.63, 3.8) is 0 Å². The minimum atomic E-state index is -0.290. The Morgan fingerprint density at radius 1 is 0.844 bits per heavy atom. The first-order chi connectivity index (χ1) is 15.7. The fourth-order valence-electron chi connectivity index (χ4n) is 3.91. The summed E-state index contributed by atoms with van der Waals surface area (Å²) in [5.74, 6) is -0.290. The highest BCUT2D eigenvalue weighted by molar-refractivity contribution is 6.00. The Bertz CT molecular complexity index is 1620. The van der Waals surface area contributed by atoms with Crippen molar-refractivity contribution in [1.82, 2.24) is 30.1 Å². The van der Waals surface area contributed by atoms with Gasteiger partial charge in [-0.05, 0) is 42.0 Å². The number of anilines is 1. The van der Waals surface area contributed by atoms with Crippen molar-refractivity contribution < 1.29 is 4.39 Å². The van der Waals surface area contributed by atoms with Crippen LogP contribution in [0.3, 0.4) is 0 Å². The molecule has 1 aromatic carbocycles. The van der Waals surface area contributed by atoms with Crippen molar-refractivity contribution >= 4 is 27.6 Å². The molecule has 0 spiro atoms. The van der Waals surface area contributed by atoms with Gasteiger partial charge in [-0.1, -0.05) is 12.1 Å². The van der Waals surface area contributed by atoms with Crippen LogP contribution < -0.4 is 5.73 Å². The highest BCUT2D eigenvalue weighted by Crippen LogP contribution is 2.33. The molecular formula is C24H16FN7. The third kappa shape index (κ3) is 2.97. The van der Waals surface area contributed by atoms with Gasteiger partial charge < -0.3 is 10.7 Å². The number of aromatic nitrogens is 6. The second-order valence-corrected chi connectivity index (χ2v) is 7.51. The zero-order valence-corrected chi connectivity index (χ0v) is 16.7. The molecule has 32 heavy (non-hydrogen) atoms. The van der Waals surface area contributed by atoms with Crippen LogP contribution in [-0.2, 0) is 0 Å². The summed E-state index contributed by atoms with van der Waals surface area (Å²) >= 11 is 0. The van der Waals surface area contributed by atoms with Gasteiger partial charge >= 0.3 is 0 Å². The molecule has 0 amide bonds. The number of nitrogens with zero attached hydrogens (tertiary/aromatic N) is 4. The number of hydrogen-bond donors (Lipinski definition) is 3. The van der Waals surface area contributed by atoms with Gasteiger partial charge in [0.05, 0.1) is 34.3 Å². The predicted octanol–water partition coefficient (Wildman–Crippen LogP) is 4.95. The van der Waals surface area contributed by atoms with E-state index in [1.54, 1.807) is 30.9 Å². The molecule has 0 saturated carbocycles. The number of halogens is 1. The van der Waals surface area contributed by atoms with E-state index in [0.717, 1.165) is 50.0 Å². The molecule has 5 aromatic heterocycles. The summed E-state index contributed by atoms with van der Waals surface area (Å²) in [6, 6.07) is 14.1. The lowest BCUT2D eigenvalue weighted by Crippen LogP contribution is -1.90. The molecule has 8 heteroatoms. The molecule has 154 valence electrons. The number of fused-ring (bicyclic) bond motifs is 2. The number of nitrogens with two attached hydrogens (primary N) is 1. The number of H-pyrrole nitrogens is 2. The molecule has 0 saturated heterocycles. The minimum Gasteiger partial charge on any atom is -0.397 e. The largest absolute Gasteiger partial charge is 0.397 e. The van der Waals surface area contributed by atoms with Crippen molar-refractivity contribution in [3.8, 4) is 33.8 Å².